The van der Waals surface area contributed by atoms with Crippen molar-refractivity contribution in [2.45, 2.75) is 32.2 Å². The predicted octanol–water partition coefficient (Wildman–Crippen LogP) is 2.29. The summed E-state index contributed by atoms with van der Waals surface area (Å²) in [5.41, 5.74) is 5.88. The summed E-state index contributed by atoms with van der Waals surface area (Å²) in [6.45, 7) is 4.34. The molecule has 4 nitrogen and oxygen atoms in total. The molecule has 1 amide bonds. The third-order valence-corrected chi connectivity index (χ3v) is 3.45. The van der Waals surface area contributed by atoms with Gasteiger partial charge in [0.25, 0.3) is 5.91 Å². The Kier molecular flexibility index (Phi) is 4.99. The highest BCUT2D eigenvalue weighted by atomic mass is 35.5. The van der Waals surface area contributed by atoms with Crippen molar-refractivity contribution in [1.82, 2.24) is 5.32 Å². The molecular weight excluding hydrogens is 252 g/mol. The monoisotopic (exact) mass is 270 g/mol. The Balaban J connectivity index is 2.71. The van der Waals surface area contributed by atoms with E-state index in [1.54, 1.807) is 6.07 Å². The molecule has 0 fully saturated rings. The van der Waals surface area contributed by atoms with E-state index in [-0.39, 0.29) is 17.2 Å². The number of phenols is 1. The van der Waals surface area contributed by atoms with Crippen LogP contribution in [0.2, 0.25) is 5.02 Å². The number of amides is 1. The highest BCUT2D eigenvalue weighted by Gasteiger charge is 2.22. The number of aromatic hydroxyl groups is 1. The second kappa shape index (κ2) is 6.07. The van der Waals surface area contributed by atoms with Crippen molar-refractivity contribution in [3.05, 3.63) is 28.8 Å². The van der Waals surface area contributed by atoms with Gasteiger partial charge >= 0.3 is 0 Å². The molecule has 0 aliphatic carbocycles. The van der Waals surface area contributed by atoms with Crippen LogP contribution in [0.25, 0.3) is 0 Å². The topological polar surface area (TPSA) is 75.3 Å². The van der Waals surface area contributed by atoms with E-state index in [4.69, 9.17) is 17.3 Å². The van der Waals surface area contributed by atoms with E-state index in [1.807, 2.05) is 13.8 Å². The summed E-state index contributed by atoms with van der Waals surface area (Å²) in [5.74, 6) is -0.475. The Morgan fingerprint density at radius 1 is 1.44 bits per heavy atom. The summed E-state index contributed by atoms with van der Waals surface area (Å²) in [7, 11) is 0. The molecule has 4 N–H and O–H groups in total. The second-order valence-electron chi connectivity index (χ2n) is 4.41. The minimum Gasteiger partial charge on any atom is -0.507 e. The van der Waals surface area contributed by atoms with E-state index < -0.39 is 5.54 Å². The van der Waals surface area contributed by atoms with Crippen LogP contribution in [-0.4, -0.2) is 23.1 Å². The summed E-state index contributed by atoms with van der Waals surface area (Å²) in [4.78, 5) is 11.9. The number of phenolic OH excluding ortho intramolecular Hbond substituents is 1. The SMILES string of the molecule is CCC(N)(CC)CNC(=O)c1ccc(Cl)cc1O. The Bertz CT molecular complexity index is 431. The fourth-order valence-electron chi connectivity index (χ4n) is 1.55. The van der Waals surface area contributed by atoms with Gasteiger partial charge in [-0.25, -0.2) is 0 Å². The maximum Gasteiger partial charge on any atom is 0.255 e. The Morgan fingerprint density at radius 3 is 2.56 bits per heavy atom. The largest absolute Gasteiger partial charge is 0.507 e. The van der Waals surface area contributed by atoms with E-state index in [1.165, 1.54) is 12.1 Å². The molecule has 0 unspecified atom stereocenters. The first-order chi connectivity index (χ1) is 8.41. The molecule has 0 heterocycles. The zero-order valence-corrected chi connectivity index (χ0v) is 11.4. The molecule has 5 heteroatoms. The lowest BCUT2D eigenvalue weighted by atomic mass is 9.94. The molecule has 0 aliphatic rings. The average Bonchev–Trinajstić information content (AvgIpc) is 2.35. The van der Waals surface area contributed by atoms with Gasteiger partial charge in [0, 0.05) is 17.1 Å². The molecule has 1 aromatic carbocycles. The number of benzene rings is 1. The molecule has 0 aliphatic heterocycles. The average molecular weight is 271 g/mol. The van der Waals surface area contributed by atoms with Crippen molar-refractivity contribution in [3.8, 4) is 5.75 Å². The summed E-state index contributed by atoms with van der Waals surface area (Å²) in [6, 6.07) is 4.39. The zero-order chi connectivity index (χ0) is 13.8. The lowest BCUT2D eigenvalue weighted by molar-refractivity contribution is 0.0939. The minimum atomic E-state index is -0.405. The number of nitrogens with two attached hydrogens (primary N) is 1. The van der Waals surface area contributed by atoms with Crippen LogP contribution in [-0.2, 0) is 0 Å². The third kappa shape index (κ3) is 3.62. The smallest absolute Gasteiger partial charge is 0.255 e. The molecular formula is C13H19ClN2O2. The van der Waals surface area contributed by atoms with Gasteiger partial charge < -0.3 is 16.2 Å². The number of hydrogen-bond acceptors (Lipinski definition) is 3. The summed E-state index contributed by atoms with van der Waals surface area (Å²) in [5, 5.41) is 12.8. The normalized spacial score (nSPS) is 11.3. The van der Waals surface area contributed by atoms with Crippen LogP contribution in [0.1, 0.15) is 37.0 Å². The first-order valence-corrected chi connectivity index (χ1v) is 6.35. The number of carbonyl (C=O) groups is 1. The lowest BCUT2D eigenvalue weighted by Gasteiger charge is -2.26. The van der Waals surface area contributed by atoms with E-state index in [0.717, 1.165) is 12.8 Å². The Labute approximate surface area is 112 Å². The molecule has 18 heavy (non-hydrogen) atoms. The van der Waals surface area contributed by atoms with Crippen molar-refractivity contribution in [2.75, 3.05) is 6.54 Å². The fourth-order valence-corrected chi connectivity index (χ4v) is 1.71. The van der Waals surface area contributed by atoms with Gasteiger partial charge in [0.15, 0.2) is 0 Å². The molecule has 100 valence electrons. The van der Waals surface area contributed by atoms with Crippen LogP contribution in [0, 0.1) is 0 Å². The molecule has 0 bridgehead atoms. The highest BCUT2D eigenvalue weighted by Crippen LogP contribution is 2.21. The maximum absolute atomic E-state index is 11.9. The van der Waals surface area contributed by atoms with Gasteiger partial charge in [0.2, 0.25) is 0 Å². The van der Waals surface area contributed by atoms with E-state index >= 15 is 0 Å². The van der Waals surface area contributed by atoms with E-state index in [9.17, 15) is 9.90 Å². The van der Waals surface area contributed by atoms with Crippen LogP contribution in [0.3, 0.4) is 0 Å². The Hall–Kier alpha value is -1.26. The van der Waals surface area contributed by atoms with Gasteiger partial charge in [-0.3, -0.25) is 4.79 Å². The van der Waals surface area contributed by atoms with Crippen molar-refractivity contribution in [3.63, 3.8) is 0 Å². The van der Waals surface area contributed by atoms with E-state index in [2.05, 4.69) is 5.32 Å². The molecule has 1 aromatic rings. The maximum atomic E-state index is 11.9. The fraction of sp³-hybridized carbons (Fsp3) is 0.462. The Morgan fingerprint density at radius 2 is 2.06 bits per heavy atom. The number of nitrogens with one attached hydrogen (secondary N) is 1. The standard InChI is InChI=1S/C13H19ClN2O2/c1-3-13(15,4-2)8-16-12(18)10-6-5-9(14)7-11(10)17/h5-7,17H,3-4,8,15H2,1-2H3,(H,16,18). The third-order valence-electron chi connectivity index (χ3n) is 3.21. The van der Waals surface area contributed by atoms with Crippen LogP contribution in [0.5, 0.6) is 5.75 Å². The molecule has 1 rings (SSSR count). The van der Waals surface area contributed by atoms with Crippen molar-refractivity contribution >= 4 is 17.5 Å². The number of rotatable bonds is 5. The van der Waals surface area contributed by atoms with Gasteiger partial charge in [-0.1, -0.05) is 25.4 Å². The molecule has 0 saturated heterocycles. The highest BCUT2D eigenvalue weighted by molar-refractivity contribution is 6.30. The van der Waals surface area contributed by atoms with E-state index in [0.29, 0.717) is 11.6 Å². The predicted molar refractivity (Wildman–Crippen MR) is 73.0 cm³/mol. The van der Waals surface area contributed by atoms with Crippen molar-refractivity contribution < 1.29 is 9.90 Å². The number of carbonyl (C=O) groups excluding carboxylic acids is 1. The number of hydrogen-bond donors (Lipinski definition) is 3. The van der Waals surface area contributed by atoms with Gasteiger partial charge in [0.05, 0.1) is 5.56 Å². The summed E-state index contributed by atoms with van der Waals surface area (Å²) >= 11 is 5.70. The van der Waals surface area contributed by atoms with Crippen LogP contribution >= 0.6 is 11.6 Å². The van der Waals surface area contributed by atoms with Crippen LogP contribution < -0.4 is 11.1 Å². The number of halogens is 1. The van der Waals surface area contributed by atoms with Crippen LogP contribution in [0.15, 0.2) is 18.2 Å². The zero-order valence-electron chi connectivity index (χ0n) is 10.7. The second-order valence-corrected chi connectivity index (χ2v) is 4.85. The lowest BCUT2D eigenvalue weighted by Crippen LogP contribution is -2.49. The van der Waals surface area contributed by atoms with Gasteiger partial charge in [-0.15, -0.1) is 0 Å². The molecule has 0 atom stereocenters. The summed E-state index contributed by atoms with van der Waals surface area (Å²) in [6.07, 6.45) is 1.55. The first-order valence-electron chi connectivity index (χ1n) is 5.97. The molecule has 0 aromatic heterocycles. The van der Waals surface area contributed by atoms with Gasteiger partial charge in [-0.2, -0.15) is 0 Å². The minimum absolute atomic E-state index is 0.129. The van der Waals surface area contributed by atoms with Crippen LogP contribution in [0.4, 0.5) is 0 Å². The first kappa shape index (κ1) is 14.8. The molecule has 0 saturated carbocycles. The summed E-state index contributed by atoms with van der Waals surface area (Å²) < 4.78 is 0. The van der Waals surface area contributed by atoms with Gasteiger partial charge in [-0.05, 0) is 31.0 Å². The van der Waals surface area contributed by atoms with Crippen molar-refractivity contribution in [2.24, 2.45) is 5.73 Å². The van der Waals surface area contributed by atoms with Gasteiger partial charge in [0.1, 0.15) is 5.75 Å². The quantitative estimate of drug-likeness (QED) is 0.768. The molecule has 0 spiro atoms. The molecule has 0 radical (unpaired) electrons. The van der Waals surface area contributed by atoms with Crippen molar-refractivity contribution in [1.29, 1.82) is 0 Å².